The number of benzene rings is 3. The summed E-state index contributed by atoms with van der Waals surface area (Å²) in [6.45, 7) is 0. The maximum absolute atomic E-state index is 12.4. The first-order chi connectivity index (χ1) is 15.4. The molecule has 32 heavy (non-hydrogen) atoms. The second-order valence-electron chi connectivity index (χ2n) is 6.35. The molecule has 7 nitrogen and oxygen atoms in total. The van der Waals surface area contributed by atoms with Crippen molar-refractivity contribution in [2.45, 2.75) is 0 Å². The highest BCUT2D eigenvalue weighted by Gasteiger charge is 2.16. The van der Waals surface area contributed by atoms with Gasteiger partial charge in [0.25, 0.3) is 5.91 Å². The van der Waals surface area contributed by atoms with Crippen LogP contribution in [0.2, 0.25) is 10.0 Å². The van der Waals surface area contributed by atoms with Crippen molar-refractivity contribution in [1.29, 1.82) is 0 Å². The van der Waals surface area contributed by atoms with Crippen LogP contribution in [0.5, 0.6) is 17.2 Å². The fraction of sp³-hybridized carbons (Fsp3) is 0.0870. The van der Waals surface area contributed by atoms with E-state index >= 15 is 0 Å². The van der Waals surface area contributed by atoms with Gasteiger partial charge in [-0.25, -0.2) is 10.2 Å². The van der Waals surface area contributed by atoms with E-state index in [1.807, 2.05) is 0 Å². The third-order valence-corrected chi connectivity index (χ3v) is 4.82. The lowest BCUT2D eigenvalue weighted by atomic mass is 10.2. The molecule has 1 N–H and O–H groups in total. The maximum atomic E-state index is 12.4. The molecule has 0 saturated heterocycles. The van der Waals surface area contributed by atoms with Gasteiger partial charge in [0.05, 0.1) is 31.0 Å². The standard InChI is InChI=1S/C23H18Cl2N2O5/c1-30-17-7-4-15(5-8-17)22(28)27-26-13-14-3-10-20(21(11-14)31-2)32-23(29)18-9-6-16(24)12-19(18)25/h3-13H,1-2H3,(H,27,28). The lowest BCUT2D eigenvalue weighted by Crippen LogP contribution is -2.17. The van der Waals surface area contributed by atoms with E-state index in [-0.39, 0.29) is 22.2 Å². The molecule has 0 aliphatic carbocycles. The van der Waals surface area contributed by atoms with E-state index in [4.69, 9.17) is 37.4 Å². The fourth-order valence-corrected chi connectivity index (χ4v) is 3.12. The van der Waals surface area contributed by atoms with Gasteiger partial charge in [-0.05, 0) is 66.2 Å². The van der Waals surface area contributed by atoms with Gasteiger partial charge in [-0.15, -0.1) is 0 Å². The fourth-order valence-electron chi connectivity index (χ4n) is 2.63. The summed E-state index contributed by atoms with van der Waals surface area (Å²) in [5.41, 5.74) is 3.66. The molecular weight excluding hydrogens is 455 g/mol. The molecule has 1 amide bonds. The lowest BCUT2D eigenvalue weighted by Gasteiger charge is -2.10. The van der Waals surface area contributed by atoms with E-state index in [1.54, 1.807) is 55.6 Å². The monoisotopic (exact) mass is 472 g/mol. The van der Waals surface area contributed by atoms with Crippen LogP contribution in [0.4, 0.5) is 0 Å². The van der Waals surface area contributed by atoms with Crippen molar-refractivity contribution in [3.8, 4) is 17.2 Å². The SMILES string of the molecule is COc1ccc(C(=O)NN=Cc2ccc(OC(=O)c3ccc(Cl)cc3Cl)c(OC)c2)cc1. The molecule has 164 valence electrons. The lowest BCUT2D eigenvalue weighted by molar-refractivity contribution is 0.0729. The molecule has 0 bridgehead atoms. The van der Waals surface area contributed by atoms with Crippen molar-refractivity contribution in [1.82, 2.24) is 5.43 Å². The van der Waals surface area contributed by atoms with E-state index in [2.05, 4.69) is 10.5 Å². The Labute approximate surface area is 194 Å². The van der Waals surface area contributed by atoms with Gasteiger partial charge in [0.15, 0.2) is 11.5 Å². The summed E-state index contributed by atoms with van der Waals surface area (Å²) in [7, 11) is 2.99. The number of hydrogen-bond donors (Lipinski definition) is 1. The van der Waals surface area contributed by atoms with Crippen molar-refractivity contribution in [3.63, 3.8) is 0 Å². The van der Waals surface area contributed by atoms with E-state index in [0.29, 0.717) is 27.6 Å². The van der Waals surface area contributed by atoms with Gasteiger partial charge in [0.1, 0.15) is 5.75 Å². The molecule has 0 radical (unpaired) electrons. The molecule has 0 spiro atoms. The molecule has 0 atom stereocenters. The molecule has 3 aromatic carbocycles. The van der Waals surface area contributed by atoms with Crippen molar-refractivity contribution in [3.05, 3.63) is 87.4 Å². The Bertz CT molecular complexity index is 1160. The van der Waals surface area contributed by atoms with Crippen LogP contribution >= 0.6 is 23.2 Å². The Morgan fingerprint density at radius 3 is 2.31 bits per heavy atom. The van der Waals surface area contributed by atoms with Crippen LogP contribution in [-0.2, 0) is 0 Å². The second-order valence-corrected chi connectivity index (χ2v) is 7.20. The predicted molar refractivity (Wildman–Crippen MR) is 122 cm³/mol. The summed E-state index contributed by atoms with van der Waals surface area (Å²) in [5, 5.41) is 4.53. The molecular formula is C23H18Cl2N2O5. The van der Waals surface area contributed by atoms with Gasteiger partial charge in [-0.1, -0.05) is 23.2 Å². The number of rotatable bonds is 7. The van der Waals surface area contributed by atoms with Crippen molar-refractivity contribution in [2.24, 2.45) is 5.10 Å². The molecule has 0 aliphatic rings. The highest BCUT2D eigenvalue weighted by Crippen LogP contribution is 2.30. The van der Waals surface area contributed by atoms with Crippen LogP contribution in [0, 0.1) is 0 Å². The van der Waals surface area contributed by atoms with Crippen LogP contribution in [0.15, 0.2) is 65.8 Å². The Hall–Kier alpha value is -3.55. The summed E-state index contributed by atoms with van der Waals surface area (Å²) in [5.74, 6) is 0.118. The van der Waals surface area contributed by atoms with Crippen molar-refractivity contribution >= 4 is 41.3 Å². The topological polar surface area (TPSA) is 86.2 Å². The largest absolute Gasteiger partial charge is 0.497 e. The smallest absolute Gasteiger partial charge is 0.345 e. The second kappa shape index (κ2) is 10.7. The Morgan fingerprint density at radius 2 is 1.66 bits per heavy atom. The molecule has 0 heterocycles. The Morgan fingerprint density at radius 1 is 0.906 bits per heavy atom. The highest BCUT2D eigenvalue weighted by atomic mass is 35.5. The average Bonchev–Trinajstić information content (AvgIpc) is 2.79. The van der Waals surface area contributed by atoms with E-state index in [0.717, 1.165) is 0 Å². The third-order valence-electron chi connectivity index (χ3n) is 4.27. The number of nitrogens with zero attached hydrogens (tertiary/aromatic N) is 1. The average molecular weight is 473 g/mol. The number of amides is 1. The Kier molecular flexibility index (Phi) is 7.70. The number of esters is 1. The summed E-state index contributed by atoms with van der Waals surface area (Å²) in [4.78, 5) is 24.6. The van der Waals surface area contributed by atoms with Gasteiger partial charge in [0.2, 0.25) is 0 Å². The predicted octanol–water partition coefficient (Wildman–Crippen LogP) is 4.99. The molecule has 0 fully saturated rings. The van der Waals surface area contributed by atoms with Crippen LogP contribution in [0.25, 0.3) is 0 Å². The van der Waals surface area contributed by atoms with Crippen LogP contribution < -0.4 is 19.6 Å². The van der Waals surface area contributed by atoms with Gasteiger partial charge in [-0.3, -0.25) is 4.79 Å². The summed E-state index contributed by atoms with van der Waals surface area (Å²) in [6, 6.07) is 15.9. The quantitative estimate of drug-likeness (QED) is 0.226. The zero-order valence-corrected chi connectivity index (χ0v) is 18.6. The number of methoxy groups -OCH3 is 2. The maximum Gasteiger partial charge on any atom is 0.345 e. The molecule has 0 aliphatic heterocycles. The Balaban J connectivity index is 1.67. The van der Waals surface area contributed by atoms with E-state index in [1.165, 1.54) is 25.5 Å². The normalized spacial score (nSPS) is 10.6. The van der Waals surface area contributed by atoms with Gasteiger partial charge in [-0.2, -0.15) is 5.10 Å². The number of ether oxygens (including phenoxy) is 3. The summed E-state index contributed by atoms with van der Waals surface area (Å²) in [6.07, 6.45) is 1.44. The minimum Gasteiger partial charge on any atom is -0.497 e. The zero-order valence-electron chi connectivity index (χ0n) is 17.1. The summed E-state index contributed by atoms with van der Waals surface area (Å²) >= 11 is 11.9. The van der Waals surface area contributed by atoms with Crippen LogP contribution in [0.1, 0.15) is 26.3 Å². The first-order valence-corrected chi connectivity index (χ1v) is 9.99. The van der Waals surface area contributed by atoms with Crippen LogP contribution in [0.3, 0.4) is 0 Å². The van der Waals surface area contributed by atoms with E-state index in [9.17, 15) is 9.59 Å². The van der Waals surface area contributed by atoms with Crippen molar-refractivity contribution < 1.29 is 23.8 Å². The number of hydrazone groups is 1. The number of halogens is 2. The van der Waals surface area contributed by atoms with Crippen LogP contribution in [-0.4, -0.2) is 32.3 Å². The number of carbonyl (C=O) groups excluding carboxylic acids is 2. The molecule has 0 unspecified atom stereocenters. The number of carbonyl (C=O) groups is 2. The van der Waals surface area contributed by atoms with Gasteiger partial charge >= 0.3 is 5.97 Å². The minimum absolute atomic E-state index is 0.171. The van der Waals surface area contributed by atoms with E-state index < -0.39 is 5.97 Å². The molecule has 9 heteroatoms. The first kappa shape index (κ1) is 23.1. The molecule has 0 aromatic heterocycles. The van der Waals surface area contributed by atoms with Gasteiger partial charge < -0.3 is 14.2 Å². The zero-order chi connectivity index (χ0) is 23.1. The summed E-state index contributed by atoms with van der Waals surface area (Å²) < 4.78 is 15.8. The minimum atomic E-state index is -0.655. The third kappa shape index (κ3) is 5.78. The molecule has 0 saturated carbocycles. The first-order valence-electron chi connectivity index (χ1n) is 9.24. The van der Waals surface area contributed by atoms with Crippen molar-refractivity contribution in [2.75, 3.05) is 14.2 Å². The highest BCUT2D eigenvalue weighted by molar-refractivity contribution is 6.36. The number of hydrogen-bond acceptors (Lipinski definition) is 6. The molecule has 3 rings (SSSR count). The van der Waals surface area contributed by atoms with Gasteiger partial charge in [0, 0.05) is 10.6 Å². The number of nitrogens with one attached hydrogen (secondary N) is 1. The molecule has 3 aromatic rings.